The zero-order valence-corrected chi connectivity index (χ0v) is 18.3. The van der Waals surface area contributed by atoms with Gasteiger partial charge in [0, 0.05) is 6.54 Å². The number of nitrogens with two attached hydrogens (primary N) is 3. The third kappa shape index (κ3) is 11.4. The first-order chi connectivity index (χ1) is 14.9. The Labute approximate surface area is 186 Å². The monoisotopic (exact) mass is 461 g/mol. The van der Waals surface area contributed by atoms with Crippen LogP contribution in [0.25, 0.3) is 0 Å². The predicted octanol–water partition coefficient (Wildman–Crippen LogP) is -4.06. The van der Waals surface area contributed by atoms with E-state index in [2.05, 4.69) is 15.6 Å². The third-order valence-electron chi connectivity index (χ3n) is 4.25. The van der Waals surface area contributed by atoms with E-state index in [0.29, 0.717) is 12.8 Å². The van der Waals surface area contributed by atoms with Crippen LogP contribution < -0.4 is 33.2 Å². The summed E-state index contributed by atoms with van der Waals surface area (Å²) in [7, 11) is 0. The van der Waals surface area contributed by atoms with Gasteiger partial charge in [-0.25, -0.2) is 4.79 Å². The van der Waals surface area contributed by atoms with Crippen molar-refractivity contribution in [1.29, 1.82) is 0 Å². The third-order valence-corrected chi connectivity index (χ3v) is 4.25. The number of aliphatic hydroxyl groups is 2. The van der Waals surface area contributed by atoms with Crippen LogP contribution in [0.1, 0.15) is 33.1 Å². The maximum atomic E-state index is 12.7. The number of guanidine groups is 1. The topological polar surface area (TPSA) is 255 Å². The molecule has 0 fully saturated rings. The molecule has 184 valence electrons. The van der Waals surface area contributed by atoms with Gasteiger partial charge >= 0.3 is 5.97 Å². The number of aliphatic imine (C=N–C) groups is 1. The van der Waals surface area contributed by atoms with Crippen molar-refractivity contribution in [2.24, 2.45) is 28.1 Å². The molecule has 0 rings (SSSR count). The number of rotatable bonds is 15. The van der Waals surface area contributed by atoms with Crippen LogP contribution in [-0.2, 0) is 19.2 Å². The molecule has 14 nitrogen and oxygen atoms in total. The number of nitrogens with one attached hydrogen (secondary N) is 3. The Bertz CT molecular complexity index is 668. The van der Waals surface area contributed by atoms with Gasteiger partial charge in [-0.05, 0) is 25.2 Å². The Morgan fingerprint density at radius 1 is 0.875 bits per heavy atom. The summed E-state index contributed by atoms with van der Waals surface area (Å²) in [6.07, 6.45) is 0.780. The molecule has 0 aliphatic rings. The first kappa shape index (κ1) is 29.0. The zero-order chi connectivity index (χ0) is 24.8. The maximum Gasteiger partial charge on any atom is 0.328 e. The minimum absolute atomic E-state index is 0.0942. The van der Waals surface area contributed by atoms with Gasteiger partial charge in [0.05, 0.1) is 19.3 Å². The second-order valence-corrected chi connectivity index (χ2v) is 7.57. The molecule has 14 heteroatoms. The predicted molar refractivity (Wildman–Crippen MR) is 115 cm³/mol. The van der Waals surface area contributed by atoms with E-state index in [4.69, 9.17) is 27.4 Å². The van der Waals surface area contributed by atoms with Crippen LogP contribution in [0, 0.1) is 5.92 Å². The van der Waals surface area contributed by atoms with E-state index in [0.717, 1.165) is 0 Å². The molecule has 0 aromatic rings. The van der Waals surface area contributed by atoms with E-state index in [9.17, 15) is 24.3 Å². The van der Waals surface area contributed by atoms with Crippen molar-refractivity contribution in [3.8, 4) is 0 Å². The van der Waals surface area contributed by atoms with Crippen LogP contribution in [-0.4, -0.2) is 88.9 Å². The lowest BCUT2D eigenvalue weighted by Gasteiger charge is -2.24. The molecule has 0 aromatic heterocycles. The van der Waals surface area contributed by atoms with Gasteiger partial charge in [0.25, 0.3) is 0 Å². The van der Waals surface area contributed by atoms with Crippen LogP contribution in [0.5, 0.6) is 0 Å². The number of aliphatic carboxylic acids is 1. The first-order valence-electron chi connectivity index (χ1n) is 10.1. The fourth-order valence-corrected chi connectivity index (χ4v) is 2.59. The quantitative estimate of drug-likeness (QED) is 0.0647. The molecule has 0 aliphatic heterocycles. The average molecular weight is 462 g/mol. The largest absolute Gasteiger partial charge is 0.480 e. The van der Waals surface area contributed by atoms with Crippen molar-refractivity contribution in [1.82, 2.24) is 16.0 Å². The SMILES string of the molecule is CC(C)CC(N)C(=O)NC(CCCN=C(N)N)C(=O)NC(CO)C(=O)NC(CO)C(=O)O. The molecule has 0 radical (unpaired) electrons. The molecule has 0 bridgehead atoms. The number of nitrogens with zero attached hydrogens (tertiary/aromatic N) is 1. The molecule has 0 saturated carbocycles. The summed E-state index contributed by atoms with van der Waals surface area (Å²) < 4.78 is 0. The highest BCUT2D eigenvalue weighted by molar-refractivity contribution is 5.94. The summed E-state index contributed by atoms with van der Waals surface area (Å²) in [5.41, 5.74) is 16.4. The molecule has 12 N–H and O–H groups in total. The molecule has 4 atom stereocenters. The van der Waals surface area contributed by atoms with Crippen molar-refractivity contribution >= 4 is 29.7 Å². The van der Waals surface area contributed by atoms with Gasteiger partial charge < -0.3 is 48.5 Å². The highest BCUT2D eigenvalue weighted by Crippen LogP contribution is 2.05. The van der Waals surface area contributed by atoms with Gasteiger partial charge in [0.2, 0.25) is 17.7 Å². The summed E-state index contributed by atoms with van der Waals surface area (Å²) in [5.74, 6) is -3.89. The number of amides is 3. The summed E-state index contributed by atoms with van der Waals surface area (Å²) >= 11 is 0. The second kappa shape index (κ2) is 14.9. The average Bonchev–Trinajstić information content (AvgIpc) is 2.70. The summed E-state index contributed by atoms with van der Waals surface area (Å²) in [6, 6.07) is -5.11. The Hall–Kier alpha value is -2.97. The van der Waals surface area contributed by atoms with Gasteiger partial charge in [0.15, 0.2) is 5.96 Å². The van der Waals surface area contributed by atoms with E-state index in [-0.39, 0.29) is 24.8 Å². The molecule has 0 aliphatic carbocycles. The fraction of sp³-hybridized carbons (Fsp3) is 0.722. The lowest BCUT2D eigenvalue weighted by atomic mass is 10.0. The maximum absolute atomic E-state index is 12.7. The molecule has 0 heterocycles. The lowest BCUT2D eigenvalue weighted by molar-refractivity contribution is -0.143. The Balaban J connectivity index is 5.27. The summed E-state index contributed by atoms with van der Waals surface area (Å²) in [5, 5.41) is 34.1. The summed E-state index contributed by atoms with van der Waals surface area (Å²) in [4.78, 5) is 52.0. The Kier molecular flexibility index (Phi) is 13.5. The number of hydrogen-bond donors (Lipinski definition) is 9. The van der Waals surface area contributed by atoms with E-state index in [1.807, 2.05) is 19.2 Å². The van der Waals surface area contributed by atoms with Crippen molar-refractivity contribution in [3.63, 3.8) is 0 Å². The van der Waals surface area contributed by atoms with Crippen molar-refractivity contribution < 1.29 is 34.5 Å². The van der Waals surface area contributed by atoms with E-state index in [1.165, 1.54) is 0 Å². The van der Waals surface area contributed by atoms with Crippen LogP contribution in [0.4, 0.5) is 0 Å². The molecule has 0 saturated heterocycles. The molecule has 3 amide bonds. The summed E-state index contributed by atoms with van der Waals surface area (Å²) in [6.45, 7) is 2.21. The van der Waals surface area contributed by atoms with E-state index >= 15 is 0 Å². The van der Waals surface area contributed by atoms with Gasteiger partial charge in [-0.3, -0.25) is 19.4 Å². The number of carboxylic acid groups (broad SMARTS) is 1. The normalized spacial score (nSPS) is 14.6. The van der Waals surface area contributed by atoms with E-state index in [1.54, 1.807) is 0 Å². The number of aliphatic hydroxyl groups excluding tert-OH is 2. The number of hydrogen-bond acceptors (Lipinski definition) is 8. The van der Waals surface area contributed by atoms with Crippen LogP contribution in [0.3, 0.4) is 0 Å². The minimum Gasteiger partial charge on any atom is -0.480 e. The molecule has 0 aromatic carbocycles. The number of carbonyl (C=O) groups is 4. The van der Waals surface area contributed by atoms with Crippen LogP contribution in [0.2, 0.25) is 0 Å². The molecular weight excluding hydrogens is 426 g/mol. The number of carboxylic acids is 1. The zero-order valence-electron chi connectivity index (χ0n) is 18.3. The van der Waals surface area contributed by atoms with Gasteiger partial charge in [-0.2, -0.15) is 0 Å². The van der Waals surface area contributed by atoms with Gasteiger partial charge in [-0.1, -0.05) is 13.8 Å². The highest BCUT2D eigenvalue weighted by Gasteiger charge is 2.29. The van der Waals surface area contributed by atoms with Gasteiger partial charge in [-0.15, -0.1) is 0 Å². The fourth-order valence-electron chi connectivity index (χ4n) is 2.59. The molecule has 32 heavy (non-hydrogen) atoms. The Morgan fingerprint density at radius 2 is 1.38 bits per heavy atom. The van der Waals surface area contributed by atoms with Crippen molar-refractivity contribution in [3.05, 3.63) is 0 Å². The van der Waals surface area contributed by atoms with Crippen molar-refractivity contribution in [2.75, 3.05) is 19.8 Å². The second-order valence-electron chi connectivity index (χ2n) is 7.57. The highest BCUT2D eigenvalue weighted by atomic mass is 16.4. The Morgan fingerprint density at radius 3 is 1.84 bits per heavy atom. The lowest BCUT2D eigenvalue weighted by Crippen LogP contribution is -2.58. The molecular formula is C18H35N7O7. The standard InChI is InChI=1S/C18H35N7O7/c1-9(2)6-10(19)14(28)23-11(4-3-5-22-18(20)21)15(29)24-12(7-26)16(30)25-13(8-27)17(31)32/h9-13,26-27H,3-8,19H2,1-2H3,(H,23,28)(H,24,29)(H,25,30)(H,31,32)(H4,20,21,22). The van der Waals surface area contributed by atoms with Gasteiger partial charge in [0.1, 0.15) is 18.1 Å². The molecule has 0 spiro atoms. The first-order valence-corrected chi connectivity index (χ1v) is 10.1. The smallest absolute Gasteiger partial charge is 0.328 e. The van der Waals surface area contributed by atoms with Crippen molar-refractivity contribution in [2.45, 2.75) is 57.3 Å². The number of carbonyl (C=O) groups excluding carboxylic acids is 3. The van der Waals surface area contributed by atoms with Crippen LogP contribution >= 0.6 is 0 Å². The minimum atomic E-state index is -1.61. The van der Waals surface area contributed by atoms with Crippen LogP contribution in [0.15, 0.2) is 4.99 Å². The van der Waals surface area contributed by atoms with E-state index < -0.39 is 61.1 Å². The molecule has 4 unspecified atom stereocenters.